The Balaban J connectivity index is 3.94. The third-order valence-corrected chi connectivity index (χ3v) is 2.39. The quantitative estimate of drug-likeness (QED) is 0.464. The van der Waals surface area contributed by atoms with Gasteiger partial charge in [0, 0.05) is 6.42 Å². The van der Waals surface area contributed by atoms with E-state index in [-0.39, 0.29) is 24.8 Å². The van der Waals surface area contributed by atoms with E-state index in [0.717, 1.165) is 6.42 Å². The number of amides is 1. The monoisotopic (exact) mass is 246 g/mol. The van der Waals surface area contributed by atoms with E-state index < -0.39 is 12.1 Å². The molecule has 0 radical (unpaired) electrons. The Morgan fingerprint density at radius 2 is 1.94 bits per heavy atom. The van der Waals surface area contributed by atoms with Gasteiger partial charge >= 0.3 is 5.97 Å². The number of nitrogens with two attached hydrogens (primary N) is 1. The summed E-state index contributed by atoms with van der Waals surface area (Å²) in [6.45, 7) is 4.25. The second-order valence-electron chi connectivity index (χ2n) is 4.59. The van der Waals surface area contributed by atoms with Crippen molar-refractivity contribution in [3.8, 4) is 0 Å². The maximum Gasteiger partial charge on any atom is 0.334 e. The highest BCUT2D eigenvalue weighted by molar-refractivity contribution is 5.78. The maximum atomic E-state index is 11.5. The van der Waals surface area contributed by atoms with E-state index in [1.54, 1.807) is 0 Å². The Bertz CT molecular complexity index is 256. The number of aliphatic carboxylic acids is 1. The minimum atomic E-state index is -1.56. The molecule has 1 amide bonds. The number of carbonyl (C=O) groups is 2. The summed E-state index contributed by atoms with van der Waals surface area (Å²) in [5.41, 5.74) is 5.55. The van der Waals surface area contributed by atoms with Crippen LogP contribution in [0.5, 0.6) is 0 Å². The Hall–Kier alpha value is -1.14. The summed E-state index contributed by atoms with van der Waals surface area (Å²) in [6.07, 6.45) is -0.438. The topological polar surface area (TPSA) is 113 Å². The van der Waals surface area contributed by atoms with Gasteiger partial charge in [-0.15, -0.1) is 0 Å². The SMILES string of the molecule is CC(C)CC(CN)CC(=O)NCC(O)C(=O)O. The van der Waals surface area contributed by atoms with Crippen molar-refractivity contribution >= 4 is 11.9 Å². The largest absolute Gasteiger partial charge is 0.479 e. The van der Waals surface area contributed by atoms with Crippen LogP contribution in [-0.4, -0.2) is 41.3 Å². The van der Waals surface area contributed by atoms with E-state index in [0.29, 0.717) is 12.5 Å². The van der Waals surface area contributed by atoms with Crippen molar-refractivity contribution in [1.82, 2.24) is 5.32 Å². The summed E-state index contributed by atoms with van der Waals surface area (Å²) in [4.78, 5) is 21.8. The number of carboxylic acid groups (broad SMARTS) is 1. The molecule has 6 nitrogen and oxygen atoms in total. The number of aliphatic hydroxyl groups is 1. The molecular formula is C11H22N2O4. The van der Waals surface area contributed by atoms with Crippen LogP contribution in [0.2, 0.25) is 0 Å². The molecule has 6 heteroatoms. The molecule has 0 aliphatic rings. The van der Waals surface area contributed by atoms with Crippen molar-refractivity contribution in [3.63, 3.8) is 0 Å². The van der Waals surface area contributed by atoms with Gasteiger partial charge in [-0.2, -0.15) is 0 Å². The van der Waals surface area contributed by atoms with Crippen molar-refractivity contribution in [1.29, 1.82) is 0 Å². The number of aliphatic hydroxyl groups excluding tert-OH is 1. The fourth-order valence-corrected chi connectivity index (χ4v) is 1.56. The number of carbonyl (C=O) groups excluding carboxylic acids is 1. The lowest BCUT2D eigenvalue weighted by Gasteiger charge is -2.16. The zero-order valence-electron chi connectivity index (χ0n) is 10.3. The van der Waals surface area contributed by atoms with E-state index >= 15 is 0 Å². The zero-order valence-corrected chi connectivity index (χ0v) is 10.3. The molecule has 0 aromatic heterocycles. The molecule has 100 valence electrons. The van der Waals surface area contributed by atoms with Gasteiger partial charge in [-0.1, -0.05) is 13.8 Å². The first-order chi connectivity index (χ1) is 7.86. The van der Waals surface area contributed by atoms with Crippen molar-refractivity contribution in [2.24, 2.45) is 17.6 Å². The Labute approximate surface area is 101 Å². The van der Waals surface area contributed by atoms with Gasteiger partial charge in [-0.3, -0.25) is 4.79 Å². The van der Waals surface area contributed by atoms with Crippen LogP contribution in [0.3, 0.4) is 0 Å². The minimum Gasteiger partial charge on any atom is -0.479 e. The molecule has 2 unspecified atom stereocenters. The standard InChI is InChI=1S/C11H22N2O4/c1-7(2)3-8(5-12)4-10(15)13-6-9(14)11(16)17/h7-9,14H,3-6,12H2,1-2H3,(H,13,15)(H,16,17). The van der Waals surface area contributed by atoms with E-state index in [2.05, 4.69) is 19.2 Å². The van der Waals surface area contributed by atoms with Crippen LogP contribution < -0.4 is 11.1 Å². The first-order valence-corrected chi connectivity index (χ1v) is 5.74. The van der Waals surface area contributed by atoms with E-state index in [1.165, 1.54) is 0 Å². The Morgan fingerprint density at radius 3 is 2.35 bits per heavy atom. The maximum absolute atomic E-state index is 11.5. The van der Waals surface area contributed by atoms with Crippen LogP contribution in [0, 0.1) is 11.8 Å². The number of carboxylic acids is 1. The van der Waals surface area contributed by atoms with Gasteiger partial charge in [0.1, 0.15) is 0 Å². The van der Waals surface area contributed by atoms with Crippen LogP contribution in [-0.2, 0) is 9.59 Å². The summed E-state index contributed by atoms with van der Waals surface area (Å²) >= 11 is 0. The highest BCUT2D eigenvalue weighted by atomic mass is 16.4. The van der Waals surface area contributed by atoms with Crippen LogP contribution in [0.1, 0.15) is 26.7 Å². The summed E-state index contributed by atoms with van der Waals surface area (Å²) < 4.78 is 0. The molecule has 0 aliphatic carbocycles. The molecule has 0 heterocycles. The van der Waals surface area contributed by atoms with Crippen LogP contribution in [0.25, 0.3) is 0 Å². The summed E-state index contributed by atoms with van der Waals surface area (Å²) in [5.74, 6) is -1.07. The predicted octanol–water partition coefficient (Wildman–Crippen LogP) is -0.441. The Morgan fingerprint density at radius 1 is 1.35 bits per heavy atom. The molecule has 0 rings (SSSR count). The van der Waals surface area contributed by atoms with Gasteiger partial charge in [0.05, 0.1) is 6.54 Å². The first kappa shape index (κ1) is 15.9. The van der Waals surface area contributed by atoms with Gasteiger partial charge in [0.25, 0.3) is 0 Å². The zero-order chi connectivity index (χ0) is 13.4. The van der Waals surface area contributed by atoms with Gasteiger partial charge in [0.2, 0.25) is 5.91 Å². The lowest BCUT2D eigenvalue weighted by Crippen LogP contribution is -2.37. The number of nitrogens with one attached hydrogen (secondary N) is 1. The van der Waals surface area contributed by atoms with E-state index in [1.807, 2.05) is 0 Å². The summed E-state index contributed by atoms with van der Waals surface area (Å²) in [7, 11) is 0. The molecule has 0 saturated carbocycles. The highest BCUT2D eigenvalue weighted by Crippen LogP contribution is 2.13. The lowest BCUT2D eigenvalue weighted by atomic mass is 9.94. The lowest BCUT2D eigenvalue weighted by molar-refractivity contribution is -0.146. The van der Waals surface area contributed by atoms with Gasteiger partial charge in [-0.05, 0) is 24.8 Å². The second kappa shape index (κ2) is 8.03. The van der Waals surface area contributed by atoms with Gasteiger partial charge in [0.15, 0.2) is 6.10 Å². The van der Waals surface area contributed by atoms with Crippen LogP contribution in [0.4, 0.5) is 0 Å². The third-order valence-electron chi connectivity index (χ3n) is 2.39. The molecule has 0 spiro atoms. The van der Waals surface area contributed by atoms with E-state index in [9.17, 15) is 9.59 Å². The number of rotatable bonds is 8. The average molecular weight is 246 g/mol. The molecule has 5 N–H and O–H groups in total. The molecule has 2 atom stereocenters. The number of hydrogen-bond donors (Lipinski definition) is 4. The van der Waals surface area contributed by atoms with Crippen LogP contribution >= 0.6 is 0 Å². The molecule has 0 fully saturated rings. The molecular weight excluding hydrogens is 224 g/mol. The minimum absolute atomic E-state index is 0.0944. The van der Waals surface area contributed by atoms with Gasteiger partial charge < -0.3 is 21.3 Å². The second-order valence-corrected chi connectivity index (χ2v) is 4.59. The average Bonchev–Trinajstić information content (AvgIpc) is 2.23. The van der Waals surface area contributed by atoms with E-state index in [4.69, 9.17) is 15.9 Å². The third kappa shape index (κ3) is 7.70. The highest BCUT2D eigenvalue weighted by Gasteiger charge is 2.17. The molecule has 0 aromatic rings. The normalized spacial score (nSPS) is 14.4. The smallest absolute Gasteiger partial charge is 0.334 e. The van der Waals surface area contributed by atoms with Gasteiger partial charge in [-0.25, -0.2) is 4.79 Å². The van der Waals surface area contributed by atoms with Crippen molar-refractivity contribution in [3.05, 3.63) is 0 Å². The summed E-state index contributed by atoms with van der Waals surface area (Å²) in [5, 5.41) is 19.8. The van der Waals surface area contributed by atoms with Crippen molar-refractivity contribution in [2.75, 3.05) is 13.1 Å². The molecule has 0 bridgehead atoms. The molecule has 0 aliphatic heterocycles. The Kier molecular flexibility index (Phi) is 7.49. The van der Waals surface area contributed by atoms with Crippen molar-refractivity contribution in [2.45, 2.75) is 32.8 Å². The fourth-order valence-electron chi connectivity index (χ4n) is 1.56. The number of hydrogen-bond acceptors (Lipinski definition) is 4. The molecule has 0 aromatic carbocycles. The fraction of sp³-hybridized carbons (Fsp3) is 0.818. The summed E-state index contributed by atoms with van der Waals surface area (Å²) in [6, 6.07) is 0. The first-order valence-electron chi connectivity index (χ1n) is 5.74. The predicted molar refractivity (Wildman–Crippen MR) is 63.3 cm³/mol. The van der Waals surface area contributed by atoms with Crippen LogP contribution in [0.15, 0.2) is 0 Å². The molecule has 0 saturated heterocycles. The molecule has 17 heavy (non-hydrogen) atoms. The van der Waals surface area contributed by atoms with Crippen molar-refractivity contribution < 1.29 is 19.8 Å².